The van der Waals surface area contributed by atoms with Crippen molar-refractivity contribution < 1.29 is 13.2 Å². The third kappa shape index (κ3) is 2.79. The van der Waals surface area contributed by atoms with E-state index in [-0.39, 0.29) is 5.78 Å². The molecule has 1 spiro atoms. The van der Waals surface area contributed by atoms with E-state index in [0.29, 0.717) is 23.3 Å². The van der Waals surface area contributed by atoms with Crippen LogP contribution in [0, 0.1) is 0 Å². The molecule has 0 heterocycles. The van der Waals surface area contributed by atoms with Crippen molar-refractivity contribution in [1.82, 2.24) is 0 Å². The van der Waals surface area contributed by atoms with Gasteiger partial charge in [0.05, 0.1) is 10.1 Å². The minimum absolute atomic E-state index is 0.0318. The maximum absolute atomic E-state index is 13.3. The number of allylic oxidation sites excluding steroid dienone is 3. The summed E-state index contributed by atoms with van der Waals surface area (Å²) >= 11 is 0. The molecule has 0 N–H and O–H groups in total. The van der Waals surface area contributed by atoms with E-state index in [1.807, 2.05) is 31.2 Å². The molecule has 0 amide bonds. The molecule has 2 aromatic rings. The van der Waals surface area contributed by atoms with Crippen molar-refractivity contribution in [1.29, 1.82) is 0 Å². The van der Waals surface area contributed by atoms with E-state index in [9.17, 15) is 13.2 Å². The Morgan fingerprint density at radius 2 is 1.78 bits per heavy atom. The fourth-order valence-electron chi connectivity index (χ4n) is 4.27. The Morgan fingerprint density at radius 1 is 1.11 bits per heavy atom. The molecule has 4 rings (SSSR count). The largest absolute Gasteiger partial charge is 0.289 e. The summed E-state index contributed by atoms with van der Waals surface area (Å²) in [6, 6.07) is 16.1. The Morgan fingerprint density at radius 3 is 2.48 bits per heavy atom. The number of fused-ring (bicyclic) bond motifs is 2. The normalized spacial score (nSPS) is 23.7. The van der Waals surface area contributed by atoms with E-state index in [4.69, 9.17) is 0 Å². The van der Waals surface area contributed by atoms with Crippen molar-refractivity contribution in [2.75, 3.05) is 0 Å². The van der Waals surface area contributed by atoms with Crippen LogP contribution in [0.4, 0.5) is 0 Å². The summed E-state index contributed by atoms with van der Waals surface area (Å²) in [5.41, 5.74) is 2.86. The predicted octanol–water partition coefficient (Wildman–Crippen LogP) is 4.65. The van der Waals surface area contributed by atoms with Crippen LogP contribution in [0.5, 0.6) is 0 Å². The van der Waals surface area contributed by atoms with Gasteiger partial charge < -0.3 is 0 Å². The summed E-state index contributed by atoms with van der Waals surface area (Å²) < 4.78 is 26.6. The van der Waals surface area contributed by atoms with Crippen molar-refractivity contribution in [2.45, 2.75) is 41.7 Å². The average molecular weight is 378 g/mol. The molecule has 27 heavy (non-hydrogen) atoms. The summed E-state index contributed by atoms with van der Waals surface area (Å²) in [6.45, 7) is 5.91. The van der Waals surface area contributed by atoms with Crippen molar-refractivity contribution in [3.8, 4) is 0 Å². The lowest BCUT2D eigenvalue weighted by atomic mass is 9.76. The van der Waals surface area contributed by atoms with E-state index in [0.717, 1.165) is 23.1 Å². The first-order chi connectivity index (χ1) is 12.9. The predicted molar refractivity (Wildman–Crippen MR) is 107 cm³/mol. The fourth-order valence-corrected chi connectivity index (χ4v) is 6.43. The SMILES string of the molecule is C=C(C)CCC1=CC(=O)c2ccccc2C12CC2S(=O)(=O)c1ccccc1. The van der Waals surface area contributed by atoms with Crippen LogP contribution in [0.25, 0.3) is 0 Å². The highest BCUT2D eigenvalue weighted by Crippen LogP contribution is 2.62. The maximum Gasteiger partial charge on any atom is 0.186 e. The van der Waals surface area contributed by atoms with Crippen LogP contribution in [0.3, 0.4) is 0 Å². The van der Waals surface area contributed by atoms with E-state index in [1.54, 1.807) is 36.4 Å². The summed E-state index contributed by atoms with van der Waals surface area (Å²) in [4.78, 5) is 13.0. The Balaban J connectivity index is 1.82. The number of rotatable bonds is 5. The molecular weight excluding hydrogens is 356 g/mol. The number of hydrogen-bond acceptors (Lipinski definition) is 3. The topological polar surface area (TPSA) is 51.2 Å². The third-order valence-corrected chi connectivity index (χ3v) is 7.96. The zero-order valence-electron chi connectivity index (χ0n) is 15.3. The minimum Gasteiger partial charge on any atom is -0.289 e. The Hall–Kier alpha value is -2.46. The van der Waals surface area contributed by atoms with Crippen molar-refractivity contribution >= 4 is 15.6 Å². The molecule has 2 aliphatic rings. The van der Waals surface area contributed by atoms with E-state index in [1.165, 1.54) is 0 Å². The molecule has 2 atom stereocenters. The van der Waals surface area contributed by atoms with Gasteiger partial charge in [0.15, 0.2) is 15.6 Å². The van der Waals surface area contributed by atoms with Crippen molar-refractivity contribution in [3.63, 3.8) is 0 Å². The number of carbonyl (C=O) groups excluding carboxylic acids is 1. The molecule has 0 aromatic heterocycles. The van der Waals surface area contributed by atoms with Gasteiger partial charge >= 0.3 is 0 Å². The highest BCUT2D eigenvalue weighted by atomic mass is 32.2. The highest BCUT2D eigenvalue weighted by molar-refractivity contribution is 7.92. The van der Waals surface area contributed by atoms with Crippen LogP contribution in [-0.2, 0) is 15.3 Å². The Kier molecular flexibility index (Phi) is 4.19. The number of hydrogen-bond donors (Lipinski definition) is 0. The summed E-state index contributed by atoms with van der Waals surface area (Å²) in [6.07, 6.45) is 3.61. The molecule has 1 saturated carbocycles. The van der Waals surface area contributed by atoms with Gasteiger partial charge in [-0.25, -0.2) is 8.42 Å². The van der Waals surface area contributed by atoms with Gasteiger partial charge in [0.2, 0.25) is 0 Å². The molecular formula is C23H22O3S. The molecule has 2 aromatic carbocycles. The van der Waals surface area contributed by atoms with Gasteiger partial charge in [-0.15, -0.1) is 6.58 Å². The van der Waals surface area contributed by atoms with E-state index in [2.05, 4.69) is 6.58 Å². The number of ketones is 1. The summed E-state index contributed by atoms with van der Waals surface area (Å²) in [5.74, 6) is -0.0318. The molecule has 0 radical (unpaired) electrons. The standard InChI is InChI=1S/C23H22O3S/c1-16(2)12-13-17-14-21(24)19-10-6-7-11-20(19)23(17)15-22(23)27(25,26)18-8-4-3-5-9-18/h3-11,14,22H,1,12-13,15H2,2H3. The number of carbonyl (C=O) groups is 1. The highest BCUT2D eigenvalue weighted by Gasteiger charge is 2.65. The average Bonchev–Trinajstić information content (AvgIpc) is 3.42. The molecule has 2 aliphatic carbocycles. The van der Waals surface area contributed by atoms with E-state index < -0.39 is 20.5 Å². The maximum atomic E-state index is 13.3. The van der Waals surface area contributed by atoms with Crippen LogP contribution in [0.15, 0.2) is 83.3 Å². The Labute approximate surface area is 160 Å². The van der Waals surface area contributed by atoms with Crippen LogP contribution in [0.2, 0.25) is 0 Å². The molecule has 0 bridgehead atoms. The van der Waals surface area contributed by atoms with Gasteiger partial charge in [0.25, 0.3) is 0 Å². The van der Waals surface area contributed by atoms with Crippen molar-refractivity contribution in [3.05, 3.63) is 89.5 Å². The van der Waals surface area contributed by atoms with Crippen LogP contribution in [-0.4, -0.2) is 19.5 Å². The Bertz CT molecular complexity index is 1060. The lowest BCUT2D eigenvalue weighted by Crippen LogP contribution is -2.28. The van der Waals surface area contributed by atoms with Gasteiger partial charge in [-0.2, -0.15) is 0 Å². The lowest BCUT2D eigenvalue weighted by Gasteiger charge is -2.28. The smallest absolute Gasteiger partial charge is 0.186 e. The molecule has 3 nitrogen and oxygen atoms in total. The van der Waals surface area contributed by atoms with Gasteiger partial charge in [-0.1, -0.05) is 53.6 Å². The monoisotopic (exact) mass is 378 g/mol. The van der Waals surface area contributed by atoms with Crippen molar-refractivity contribution in [2.24, 2.45) is 0 Å². The minimum atomic E-state index is -3.48. The van der Waals surface area contributed by atoms with Gasteiger partial charge in [0.1, 0.15) is 0 Å². The molecule has 2 unspecified atom stereocenters. The molecule has 4 heteroatoms. The third-order valence-electron chi connectivity index (χ3n) is 5.72. The van der Waals surface area contributed by atoms with Gasteiger partial charge in [-0.05, 0) is 50.0 Å². The first-order valence-corrected chi connectivity index (χ1v) is 10.7. The van der Waals surface area contributed by atoms with E-state index >= 15 is 0 Å². The quantitative estimate of drug-likeness (QED) is 0.712. The number of benzene rings is 2. The first kappa shape index (κ1) is 17.9. The van der Waals surface area contributed by atoms with Gasteiger partial charge in [0, 0.05) is 11.0 Å². The first-order valence-electron chi connectivity index (χ1n) is 9.15. The zero-order valence-corrected chi connectivity index (χ0v) is 16.1. The second-order valence-corrected chi connectivity index (χ2v) is 9.69. The second-order valence-electron chi connectivity index (χ2n) is 7.56. The number of sulfone groups is 1. The summed E-state index contributed by atoms with van der Waals surface area (Å²) in [5, 5.41) is -0.530. The molecule has 138 valence electrons. The molecule has 1 fully saturated rings. The summed E-state index contributed by atoms with van der Waals surface area (Å²) in [7, 11) is -3.48. The molecule has 0 aliphatic heterocycles. The van der Waals surface area contributed by atoms with Crippen LogP contribution >= 0.6 is 0 Å². The second kappa shape index (κ2) is 6.31. The molecule has 0 saturated heterocycles. The van der Waals surface area contributed by atoms with Gasteiger partial charge in [-0.3, -0.25) is 4.79 Å². The van der Waals surface area contributed by atoms with Crippen LogP contribution in [0.1, 0.15) is 42.1 Å². The van der Waals surface area contributed by atoms with Crippen LogP contribution < -0.4 is 0 Å². The zero-order chi connectivity index (χ0) is 19.2. The fraction of sp³-hybridized carbons (Fsp3) is 0.261. The lowest BCUT2D eigenvalue weighted by molar-refractivity contribution is 0.104.